The lowest BCUT2D eigenvalue weighted by molar-refractivity contribution is -0.149. The van der Waals surface area contributed by atoms with Gasteiger partial charge >= 0.3 is 5.97 Å². The van der Waals surface area contributed by atoms with Crippen molar-refractivity contribution in [2.75, 3.05) is 19.8 Å². The van der Waals surface area contributed by atoms with Crippen molar-refractivity contribution in [3.63, 3.8) is 0 Å². The maximum atomic E-state index is 11.8. The van der Waals surface area contributed by atoms with Gasteiger partial charge in [0.1, 0.15) is 12.0 Å². The second-order valence-electron chi connectivity index (χ2n) is 5.34. The fourth-order valence-corrected chi connectivity index (χ4v) is 2.16. The molecule has 1 aromatic carbocycles. The summed E-state index contributed by atoms with van der Waals surface area (Å²) < 4.78 is 10.5. The van der Waals surface area contributed by atoms with E-state index in [1.165, 1.54) is 0 Å². The molecule has 1 aromatic rings. The molecule has 2 unspecified atom stereocenters. The van der Waals surface area contributed by atoms with Crippen LogP contribution in [0.1, 0.15) is 12.5 Å². The maximum Gasteiger partial charge on any atom is 0.313 e. The highest BCUT2D eigenvalue weighted by atomic mass is 16.5. The molecule has 6 nitrogen and oxygen atoms in total. The highest BCUT2D eigenvalue weighted by molar-refractivity contribution is 5.81. The van der Waals surface area contributed by atoms with Gasteiger partial charge in [-0.15, -0.1) is 0 Å². The molecular formula is C15H19NO5. The van der Waals surface area contributed by atoms with Crippen LogP contribution in [0.15, 0.2) is 30.3 Å². The van der Waals surface area contributed by atoms with Crippen molar-refractivity contribution in [3.05, 3.63) is 35.9 Å². The summed E-state index contributed by atoms with van der Waals surface area (Å²) in [6.45, 7) is 2.09. The Morgan fingerprint density at radius 3 is 2.81 bits per heavy atom. The van der Waals surface area contributed by atoms with Crippen LogP contribution >= 0.6 is 0 Å². The van der Waals surface area contributed by atoms with E-state index >= 15 is 0 Å². The molecule has 2 N–H and O–H groups in total. The largest absolute Gasteiger partial charge is 0.481 e. The van der Waals surface area contributed by atoms with Crippen LogP contribution in [0.4, 0.5) is 0 Å². The lowest BCUT2D eigenvalue weighted by Gasteiger charge is -2.25. The standard InChI is InChI=1S/C15H19NO5/c1-15(14(18)19)10-21-8-12(15)16-13(17)9-20-7-11-5-3-2-4-6-11/h2-6,12H,7-10H2,1H3,(H,16,17)(H,18,19). The number of benzene rings is 1. The average molecular weight is 293 g/mol. The van der Waals surface area contributed by atoms with Crippen LogP contribution in [0.3, 0.4) is 0 Å². The van der Waals surface area contributed by atoms with Gasteiger partial charge in [0.05, 0.1) is 25.9 Å². The summed E-state index contributed by atoms with van der Waals surface area (Å²) in [7, 11) is 0. The van der Waals surface area contributed by atoms with Crippen molar-refractivity contribution in [3.8, 4) is 0 Å². The van der Waals surface area contributed by atoms with Crippen molar-refractivity contribution < 1.29 is 24.2 Å². The van der Waals surface area contributed by atoms with Crippen molar-refractivity contribution >= 4 is 11.9 Å². The summed E-state index contributed by atoms with van der Waals surface area (Å²) in [6.07, 6.45) is 0. The molecule has 0 spiro atoms. The molecule has 1 aliphatic heterocycles. The number of carbonyl (C=O) groups is 2. The summed E-state index contributed by atoms with van der Waals surface area (Å²) >= 11 is 0. The fourth-order valence-electron chi connectivity index (χ4n) is 2.16. The summed E-state index contributed by atoms with van der Waals surface area (Å²) in [4.78, 5) is 23.1. The van der Waals surface area contributed by atoms with Crippen LogP contribution in [-0.2, 0) is 25.7 Å². The molecule has 1 fully saturated rings. The van der Waals surface area contributed by atoms with E-state index in [0.29, 0.717) is 6.61 Å². The number of ether oxygens (including phenoxy) is 2. The lowest BCUT2D eigenvalue weighted by atomic mass is 9.85. The van der Waals surface area contributed by atoms with E-state index in [0.717, 1.165) is 5.56 Å². The number of hydrogen-bond acceptors (Lipinski definition) is 4. The summed E-state index contributed by atoms with van der Waals surface area (Å²) in [5, 5.41) is 11.9. The fraction of sp³-hybridized carbons (Fsp3) is 0.467. The van der Waals surface area contributed by atoms with Crippen LogP contribution in [0, 0.1) is 5.41 Å². The van der Waals surface area contributed by atoms with E-state index in [-0.39, 0.29) is 25.7 Å². The zero-order chi connectivity index (χ0) is 15.3. The predicted molar refractivity (Wildman–Crippen MR) is 74.6 cm³/mol. The Morgan fingerprint density at radius 2 is 2.14 bits per heavy atom. The lowest BCUT2D eigenvalue weighted by Crippen LogP contribution is -2.50. The van der Waals surface area contributed by atoms with Crippen LogP contribution in [0.5, 0.6) is 0 Å². The molecule has 114 valence electrons. The molecule has 0 aromatic heterocycles. The number of amides is 1. The molecule has 21 heavy (non-hydrogen) atoms. The molecule has 1 amide bonds. The molecule has 2 rings (SSSR count). The van der Waals surface area contributed by atoms with Crippen molar-refractivity contribution in [1.82, 2.24) is 5.32 Å². The molecule has 1 aliphatic rings. The van der Waals surface area contributed by atoms with E-state index in [4.69, 9.17) is 9.47 Å². The second-order valence-corrected chi connectivity index (χ2v) is 5.34. The number of hydrogen-bond donors (Lipinski definition) is 2. The Balaban J connectivity index is 1.78. The minimum absolute atomic E-state index is 0.0954. The van der Waals surface area contributed by atoms with Gasteiger partial charge in [-0.1, -0.05) is 30.3 Å². The maximum absolute atomic E-state index is 11.8. The first kappa shape index (κ1) is 15.5. The van der Waals surface area contributed by atoms with Crippen LogP contribution in [-0.4, -0.2) is 42.8 Å². The smallest absolute Gasteiger partial charge is 0.313 e. The number of nitrogens with one attached hydrogen (secondary N) is 1. The Morgan fingerprint density at radius 1 is 1.43 bits per heavy atom. The highest BCUT2D eigenvalue weighted by Gasteiger charge is 2.47. The molecule has 2 atom stereocenters. The van der Waals surface area contributed by atoms with Gasteiger partial charge in [-0.3, -0.25) is 9.59 Å². The number of carbonyl (C=O) groups excluding carboxylic acids is 1. The molecular weight excluding hydrogens is 274 g/mol. The number of rotatable bonds is 6. The summed E-state index contributed by atoms with van der Waals surface area (Å²) in [6, 6.07) is 8.97. The third-order valence-corrected chi connectivity index (χ3v) is 3.62. The minimum Gasteiger partial charge on any atom is -0.481 e. The van der Waals surface area contributed by atoms with E-state index in [2.05, 4.69) is 5.32 Å². The molecule has 1 saturated heterocycles. The van der Waals surface area contributed by atoms with Gasteiger partial charge < -0.3 is 19.9 Å². The Labute approximate surface area is 123 Å². The topological polar surface area (TPSA) is 84.9 Å². The average Bonchev–Trinajstić information content (AvgIpc) is 2.83. The van der Waals surface area contributed by atoms with Gasteiger partial charge in [0.2, 0.25) is 5.91 Å². The van der Waals surface area contributed by atoms with Gasteiger partial charge in [-0.05, 0) is 12.5 Å². The van der Waals surface area contributed by atoms with Gasteiger partial charge in [0, 0.05) is 0 Å². The minimum atomic E-state index is -1.09. The molecule has 6 heteroatoms. The highest BCUT2D eigenvalue weighted by Crippen LogP contribution is 2.28. The number of carboxylic acid groups (broad SMARTS) is 1. The van der Waals surface area contributed by atoms with Crippen molar-refractivity contribution in [1.29, 1.82) is 0 Å². The van der Waals surface area contributed by atoms with Gasteiger partial charge in [0.25, 0.3) is 0 Å². The first-order valence-corrected chi connectivity index (χ1v) is 6.74. The summed E-state index contributed by atoms with van der Waals surface area (Å²) in [5.41, 5.74) is -0.111. The predicted octanol–water partition coefficient (Wildman–Crippen LogP) is 0.809. The van der Waals surface area contributed by atoms with E-state index < -0.39 is 17.4 Å². The zero-order valence-corrected chi connectivity index (χ0v) is 11.9. The Hall–Kier alpha value is -1.92. The SMILES string of the molecule is CC1(C(=O)O)COCC1NC(=O)COCc1ccccc1. The zero-order valence-electron chi connectivity index (χ0n) is 11.9. The molecule has 0 radical (unpaired) electrons. The molecule has 0 aliphatic carbocycles. The van der Waals surface area contributed by atoms with E-state index in [9.17, 15) is 14.7 Å². The third kappa shape index (κ3) is 3.80. The normalized spacial score (nSPS) is 24.7. The van der Waals surface area contributed by atoms with Crippen molar-refractivity contribution in [2.45, 2.75) is 19.6 Å². The molecule has 0 saturated carbocycles. The van der Waals surface area contributed by atoms with Gasteiger partial charge in [-0.25, -0.2) is 0 Å². The third-order valence-electron chi connectivity index (χ3n) is 3.62. The first-order valence-electron chi connectivity index (χ1n) is 6.74. The summed E-state index contributed by atoms with van der Waals surface area (Å²) in [5.74, 6) is -1.32. The van der Waals surface area contributed by atoms with E-state index in [1.807, 2.05) is 30.3 Å². The van der Waals surface area contributed by atoms with E-state index in [1.54, 1.807) is 6.92 Å². The van der Waals surface area contributed by atoms with Gasteiger partial charge in [0.15, 0.2) is 0 Å². The second kappa shape index (κ2) is 6.69. The quantitative estimate of drug-likeness (QED) is 0.810. The Kier molecular flexibility index (Phi) is 4.93. The first-order chi connectivity index (χ1) is 10.0. The monoisotopic (exact) mass is 293 g/mol. The number of carboxylic acids is 1. The molecule has 1 heterocycles. The van der Waals surface area contributed by atoms with Crippen LogP contribution in [0.25, 0.3) is 0 Å². The number of aliphatic carboxylic acids is 1. The van der Waals surface area contributed by atoms with Gasteiger partial charge in [-0.2, -0.15) is 0 Å². The van der Waals surface area contributed by atoms with Crippen LogP contribution in [0.2, 0.25) is 0 Å². The van der Waals surface area contributed by atoms with Crippen LogP contribution < -0.4 is 5.32 Å². The van der Waals surface area contributed by atoms with Crippen molar-refractivity contribution in [2.24, 2.45) is 5.41 Å². The Bertz CT molecular complexity index is 504. The molecule has 0 bridgehead atoms.